The maximum absolute atomic E-state index is 13.8. The minimum atomic E-state index is -0.954. The fourth-order valence-corrected chi connectivity index (χ4v) is 3.11. The average molecular weight is 277 g/mol. The van der Waals surface area contributed by atoms with Crippen molar-refractivity contribution >= 4 is 0 Å². The van der Waals surface area contributed by atoms with Crippen molar-refractivity contribution in [3.05, 3.63) is 29.6 Å². The molecule has 1 aromatic rings. The fraction of sp³-hybridized carbons (Fsp3) is 0.562. The molecule has 0 spiro atoms. The van der Waals surface area contributed by atoms with Crippen LogP contribution in [0.25, 0.3) is 0 Å². The van der Waals surface area contributed by atoms with E-state index in [4.69, 9.17) is 4.74 Å². The minimum absolute atomic E-state index is 0.143. The van der Waals surface area contributed by atoms with Crippen LogP contribution in [0.3, 0.4) is 0 Å². The molecule has 1 fully saturated rings. The minimum Gasteiger partial charge on any atom is -0.494 e. The molecule has 2 rings (SSSR count). The summed E-state index contributed by atoms with van der Waals surface area (Å²) < 4.78 is 18.6. The van der Waals surface area contributed by atoms with E-state index in [-0.39, 0.29) is 5.75 Å². The molecular formula is C16H20FNO2. The molecule has 0 amide bonds. The van der Waals surface area contributed by atoms with E-state index in [1.165, 1.54) is 19.2 Å². The number of nitrogens with zero attached hydrogens (tertiary/aromatic N) is 1. The first kappa shape index (κ1) is 14.8. The van der Waals surface area contributed by atoms with Gasteiger partial charge in [-0.15, -0.1) is 0 Å². The Morgan fingerprint density at radius 1 is 1.60 bits per heavy atom. The van der Waals surface area contributed by atoms with Gasteiger partial charge in [0.1, 0.15) is 0 Å². The van der Waals surface area contributed by atoms with Crippen molar-refractivity contribution in [1.29, 1.82) is 5.26 Å². The van der Waals surface area contributed by atoms with Gasteiger partial charge in [0.05, 0.1) is 24.7 Å². The van der Waals surface area contributed by atoms with Crippen LogP contribution >= 0.6 is 0 Å². The van der Waals surface area contributed by atoms with Crippen LogP contribution in [-0.2, 0) is 0 Å². The first-order valence-electron chi connectivity index (χ1n) is 6.99. The lowest BCUT2D eigenvalue weighted by Crippen LogP contribution is -2.24. The molecule has 0 aromatic heterocycles. The van der Waals surface area contributed by atoms with Gasteiger partial charge in [-0.3, -0.25) is 0 Å². The molecule has 108 valence electrons. The fourth-order valence-electron chi connectivity index (χ4n) is 3.11. The Morgan fingerprint density at radius 2 is 2.35 bits per heavy atom. The average Bonchev–Trinajstić information content (AvgIpc) is 2.91. The van der Waals surface area contributed by atoms with Crippen LogP contribution in [0, 0.1) is 28.5 Å². The number of hydrogen-bond acceptors (Lipinski definition) is 3. The predicted molar refractivity (Wildman–Crippen MR) is 73.6 cm³/mol. The molecule has 1 N–H and O–H groups in total. The molecule has 0 radical (unpaired) electrons. The van der Waals surface area contributed by atoms with Gasteiger partial charge in [0.15, 0.2) is 11.6 Å². The van der Waals surface area contributed by atoms with Crippen LogP contribution in [0.15, 0.2) is 18.2 Å². The predicted octanol–water partition coefficient (Wildman–Crippen LogP) is 3.59. The first-order chi connectivity index (χ1) is 9.56. The second-order valence-corrected chi connectivity index (χ2v) is 5.58. The molecule has 3 nitrogen and oxygen atoms in total. The molecule has 1 aliphatic rings. The number of nitriles is 1. The highest BCUT2D eigenvalue weighted by molar-refractivity contribution is 5.32. The number of rotatable bonds is 4. The van der Waals surface area contributed by atoms with E-state index in [9.17, 15) is 14.8 Å². The third kappa shape index (κ3) is 2.51. The smallest absolute Gasteiger partial charge is 0.165 e. The molecule has 0 heterocycles. The summed E-state index contributed by atoms with van der Waals surface area (Å²) in [5.41, 5.74) is -0.344. The Hall–Kier alpha value is -1.60. The summed E-state index contributed by atoms with van der Waals surface area (Å²) in [6.45, 7) is 2.09. The van der Waals surface area contributed by atoms with E-state index in [1.807, 2.05) is 0 Å². The second-order valence-electron chi connectivity index (χ2n) is 5.58. The maximum atomic E-state index is 13.8. The first-order valence-corrected chi connectivity index (χ1v) is 6.99. The molecule has 0 aliphatic heterocycles. The van der Waals surface area contributed by atoms with Gasteiger partial charge < -0.3 is 9.84 Å². The SMILES string of the molecule is CCC1CCC(C#N)(C(O)c2ccc(OC)c(F)c2)C1. The van der Waals surface area contributed by atoms with Crippen LogP contribution in [0.5, 0.6) is 5.75 Å². The Labute approximate surface area is 119 Å². The van der Waals surface area contributed by atoms with Crippen molar-refractivity contribution in [1.82, 2.24) is 0 Å². The lowest BCUT2D eigenvalue weighted by molar-refractivity contribution is 0.0637. The standard InChI is InChI=1S/C16H20FNO2/c1-3-11-6-7-16(9-11,10-18)15(19)12-4-5-14(20-2)13(17)8-12/h4-5,8,11,15,19H,3,6-7,9H2,1-2H3. The van der Waals surface area contributed by atoms with Gasteiger partial charge in [-0.05, 0) is 42.9 Å². The number of methoxy groups -OCH3 is 1. The van der Waals surface area contributed by atoms with Gasteiger partial charge >= 0.3 is 0 Å². The van der Waals surface area contributed by atoms with Gasteiger partial charge in [-0.1, -0.05) is 19.4 Å². The summed E-state index contributed by atoms with van der Waals surface area (Å²) >= 11 is 0. The van der Waals surface area contributed by atoms with E-state index in [2.05, 4.69) is 13.0 Å². The molecule has 1 saturated carbocycles. The number of ether oxygens (including phenoxy) is 1. The molecule has 3 unspecified atom stereocenters. The lowest BCUT2D eigenvalue weighted by Gasteiger charge is -2.28. The largest absolute Gasteiger partial charge is 0.494 e. The molecule has 0 saturated heterocycles. The van der Waals surface area contributed by atoms with Crippen LogP contribution in [0.1, 0.15) is 44.3 Å². The zero-order valence-electron chi connectivity index (χ0n) is 11.9. The number of halogens is 1. The third-order valence-electron chi connectivity index (χ3n) is 4.47. The van der Waals surface area contributed by atoms with Crippen molar-refractivity contribution in [2.75, 3.05) is 7.11 Å². The summed E-state index contributed by atoms with van der Waals surface area (Å²) in [5, 5.41) is 20.0. The van der Waals surface area contributed by atoms with Crippen molar-refractivity contribution in [3.8, 4) is 11.8 Å². The van der Waals surface area contributed by atoms with Crippen molar-refractivity contribution in [3.63, 3.8) is 0 Å². The highest BCUT2D eigenvalue weighted by Gasteiger charge is 2.45. The maximum Gasteiger partial charge on any atom is 0.165 e. The molecule has 1 aromatic carbocycles. The van der Waals surface area contributed by atoms with Crippen LogP contribution in [-0.4, -0.2) is 12.2 Å². The van der Waals surface area contributed by atoms with E-state index in [0.29, 0.717) is 24.3 Å². The third-order valence-corrected chi connectivity index (χ3v) is 4.47. The highest BCUT2D eigenvalue weighted by Crippen LogP contribution is 2.50. The van der Waals surface area contributed by atoms with Crippen LogP contribution in [0.2, 0.25) is 0 Å². The Morgan fingerprint density at radius 3 is 2.85 bits per heavy atom. The molecular weight excluding hydrogens is 257 g/mol. The van der Waals surface area contributed by atoms with E-state index in [1.54, 1.807) is 6.07 Å². The summed E-state index contributed by atoms with van der Waals surface area (Å²) in [6.07, 6.45) is 2.34. The normalized spacial score (nSPS) is 27.1. The quantitative estimate of drug-likeness (QED) is 0.915. The van der Waals surface area contributed by atoms with Gasteiger partial charge in [0.25, 0.3) is 0 Å². The molecule has 4 heteroatoms. The zero-order valence-corrected chi connectivity index (χ0v) is 11.9. The lowest BCUT2D eigenvalue weighted by atomic mass is 9.78. The van der Waals surface area contributed by atoms with Crippen molar-refractivity contribution < 1.29 is 14.2 Å². The van der Waals surface area contributed by atoms with Crippen LogP contribution in [0.4, 0.5) is 4.39 Å². The molecule has 3 atom stereocenters. The molecule has 0 bridgehead atoms. The Bertz CT molecular complexity index is 526. The summed E-state index contributed by atoms with van der Waals surface area (Å²) in [5.74, 6) is 0.0967. The van der Waals surface area contributed by atoms with Gasteiger partial charge in [-0.2, -0.15) is 5.26 Å². The summed E-state index contributed by atoms with van der Waals surface area (Å²) in [6, 6.07) is 6.67. The number of hydrogen-bond donors (Lipinski definition) is 1. The summed E-state index contributed by atoms with van der Waals surface area (Å²) in [7, 11) is 1.40. The topological polar surface area (TPSA) is 53.2 Å². The second kappa shape index (κ2) is 5.80. The van der Waals surface area contributed by atoms with E-state index in [0.717, 1.165) is 12.8 Å². The van der Waals surface area contributed by atoms with Gasteiger partial charge in [0.2, 0.25) is 0 Å². The Balaban J connectivity index is 2.28. The van der Waals surface area contributed by atoms with Crippen molar-refractivity contribution in [2.24, 2.45) is 11.3 Å². The molecule has 20 heavy (non-hydrogen) atoms. The number of benzene rings is 1. The van der Waals surface area contributed by atoms with E-state index < -0.39 is 17.3 Å². The van der Waals surface area contributed by atoms with Gasteiger partial charge in [-0.25, -0.2) is 4.39 Å². The summed E-state index contributed by atoms with van der Waals surface area (Å²) in [4.78, 5) is 0. The van der Waals surface area contributed by atoms with E-state index >= 15 is 0 Å². The number of aliphatic hydroxyl groups is 1. The molecule has 1 aliphatic carbocycles. The zero-order chi connectivity index (χ0) is 14.8. The number of aliphatic hydroxyl groups excluding tert-OH is 1. The van der Waals surface area contributed by atoms with Crippen LogP contribution < -0.4 is 4.74 Å². The van der Waals surface area contributed by atoms with Crippen molar-refractivity contribution in [2.45, 2.75) is 38.7 Å². The highest BCUT2D eigenvalue weighted by atomic mass is 19.1. The monoisotopic (exact) mass is 277 g/mol. The van der Waals surface area contributed by atoms with Gasteiger partial charge in [0, 0.05) is 0 Å². The Kier molecular flexibility index (Phi) is 4.29.